The molecule has 3 N–H and O–H groups in total. The van der Waals surface area contributed by atoms with Crippen LogP contribution in [0.1, 0.15) is 25.7 Å². The average molecular weight is 324 g/mol. The van der Waals surface area contributed by atoms with E-state index in [1.165, 1.54) is 19.2 Å². The molecule has 0 saturated carbocycles. The van der Waals surface area contributed by atoms with Gasteiger partial charge < -0.3 is 20.5 Å². The van der Waals surface area contributed by atoms with Crippen LogP contribution in [0.2, 0.25) is 0 Å². The first-order chi connectivity index (χ1) is 11.1. The number of methoxy groups -OCH3 is 1. The summed E-state index contributed by atoms with van der Waals surface area (Å²) in [6, 6.07) is 4.50. The van der Waals surface area contributed by atoms with Crippen LogP contribution < -0.4 is 15.4 Å². The Morgan fingerprint density at radius 1 is 1.48 bits per heavy atom. The smallest absolute Gasteiger partial charge is 0.306 e. The second-order valence-corrected chi connectivity index (χ2v) is 6.00. The Bertz CT molecular complexity index is 519. The van der Waals surface area contributed by atoms with E-state index < -0.39 is 5.97 Å². The minimum atomic E-state index is -0.693. The van der Waals surface area contributed by atoms with E-state index in [9.17, 15) is 14.3 Å². The van der Waals surface area contributed by atoms with E-state index in [-0.39, 0.29) is 17.7 Å². The van der Waals surface area contributed by atoms with E-state index in [2.05, 4.69) is 10.6 Å². The molecule has 2 rings (SSSR count). The Labute approximate surface area is 136 Å². The summed E-state index contributed by atoms with van der Waals surface area (Å²) in [6.45, 7) is 2.40. The van der Waals surface area contributed by atoms with Crippen molar-refractivity contribution in [3.63, 3.8) is 0 Å². The third-order valence-corrected chi connectivity index (χ3v) is 4.36. The molecular weight excluding hydrogens is 299 g/mol. The van der Waals surface area contributed by atoms with E-state index in [4.69, 9.17) is 4.74 Å². The zero-order chi connectivity index (χ0) is 16.7. The van der Waals surface area contributed by atoms with Crippen molar-refractivity contribution in [1.29, 1.82) is 0 Å². The number of anilines is 1. The number of hydrogen-bond acceptors (Lipinski definition) is 4. The number of halogens is 1. The lowest BCUT2D eigenvalue weighted by atomic mass is 9.87. The van der Waals surface area contributed by atoms with Crippen molar-refractivity contribution in [2.24, 2.45) is 11.8 Å². The van der Waals surface area contributed by atoms with Crippen molar-refractivity contribution in [2.45, 2.75) is 25.7 Å². The maximum absolute atomic E-state index is 13.4. The molecule has 23 heavy (non-hydrogen) atoms. The number of hydrogen-bond donors (Lipinski definition) is 3. The SMILES string of the molecule is COc1cc(F)cc(NCCCCC(C(=O)O)C2CCNC2)c1. The van der Waals surface area contributed by atoms with Crippen LogP contribution in [0.3, 0.4) is 0 Å². The summed E-state index contributed by atoms with van der Waals surface area (Å²) in [7, 11) is 1.50. The summed E-state index contributed by atoms with van der Waals surface area (Å²) in [5.41, 5.74) is 0.677. The lowest BCUT2D eigenvalue weighted by Crippen LogP contribution is -2.25. The van der Waals surface area contributed by atoms with E-state index >= 15 is 0 Å². The summed E-state index contributed by atoms with van der Waals surface area (Å²) in [5, 5.41) is 15.7. The number of aliphatic carboxylic acids is 1. The molecule has 1 aromatic rings. The van der Waals surface area contributed by atoms with E-state index in [0.29, 0.717) is 24.4 Å². The van der Waals surface area contributed by atoms with Gasteiger partial charge in [-0.2, -0.15) is 0 Å². The zero-order valence-electron chi connectivity index (χ0n) is 13.5. The molecule has 2 atom stereocenters. The van der Waals surface area contributed by atoms with Crippen LogP contribution in [-0.4, -0.2) is 37.8 Å². The Hall–Kier alpha value is -1.82. The van der Waals surface area contributed by atoms with Crippen LogP contribution in [0, 0.1) is 17.7 Å². The fourth-order valence-corrected chi connectivity index (χ4v) is 3.09. The highest BCUT2D eigenvalue weighted by Gasteiger charge is 2.29. The molecule has 1 aliphatic heterocycles. The lowest BCUT2D eigenvalue weighted by molar-refractivity contribution is -0.143. The van der Waals surface area contributed by atoms with Crippen molar-refractivity contribution in [3.8, 4) is 5.75 Å². The van der Waals surface area contributed by atoms with Gasteiger partial charge in [-0.25, -0.2) is 4.39 Å². The molecule has 128 valence electrons. The van der Waals surface area contributed by atoms with Gasteiger partial charge in [0.25, 0.3) is 0 Å². The zero-order valence-corrected chi connectivity index (χ0v) is 13.5. The first-order valence-corrected chi connectivity index (χ1v) is 8.12. The van der Waals surface area contributed by atoms with E-state index in [0.717, 1.165) is 32.4 Å². The monoisotopic (exact) mass is 324 g/mol. The third-order valence-electron chi connectivity index (χ3n) is 4.36. The quantitative estimate of drug-likeness (QED) is 0.609. The Kier molecular flexibility index (Phi) is 6.65. The average Bonchev–Trinajstić information content (AvgIpc) is 3.03. The number of carboxylic acids is 1. The van der Waals surface area contributed by atoms with Gasteiger partial charge in [0.2, 0.25) is 0 Å². The highest BCUT2D eigenvalue weighted by molar-refractivity contribution is 5.70. The standard InChI is InChI=1S/C17H25FN2O3/c1-23-15-9-13(18)8-14(10-15)20-6-3-2-4-16(17(21)22)12-5-7-19-11-12/h8-10,12,16,19-20H,2-7,11H2,1H3,(H,21,22). The first-order valence-electron chi connectivity index (χ1n) is 8.12. The van der Waals surface area contributed by atoms with E-state index in [1.54, 1.807) is 6.07 Å². The van der Waals surface area contributed by atoms with Crippen molar-refractivity contribution in [3.05, 3.63) is 24.0 Å². The lowest BCUT2D eigenvalue weighted by Gasteiger charge is -2.18. The molecule has 0 aromatic heterocycles. The number of benzene rings is 1. The topological polar surface area (TPSA) is 70.6 Å². The second-order valence-electron chi connectivity index (χ2n) is 6.00. The highest BCUT2D eigenvalue weighted by atomic mass is 19.1. The molecule has 0 bridgehead atoms. The number of carboxylic acid groups (broad SMARTS) is 1. The molecule has 0 amide bonds. The van der Waals surface area contributed by atoms with Crippen LogP contribution in [-0.2, 0) is 4.79 Å². The predicted molar refractivity (Wildman–Crippen MR) is 87.4 cm³/mol. The van der Waals surface area contributed by atoms with Gasteiger partial charge in [0.1, 0.15) is 11.6 Å². The van der Waals surface area contributed by atoms with Gasteiger partial charge in [-0.15, -0.1) is 0 Å². The largest absolute Gasteiger partial charge is 0.497 e. The van der Waals surface area contributed by atoms with Crippen molar-refractivity contribution in [1.82, 2.24) is 5.32 Å². The van der Waals surface area contributed by atoms with Gasteiger partial charge in [-0.3, -0.25) is 4.79 Å². The second kappa shape index (κ2) is 8.72. The van der Waals surface area contributed by atoms with Crippen molar-refractivity contribution >= 4 is 11.7 Å². The third kappa shape index (κ3) is 5.39. The summed E-state index contributed by atoms with van der Waals surface area (Å²) in [4.78, 5) is 11.4. The Morgan fingerprint density at radius 2 is 2.30 bits per heavy atom. The Balaban J connectivity index is 1.72. The maximum Gasteiger partial charge on any atom is 0.306 e. The fourth-order valence-electron chi connectivity index (χ4n) is 3.09. The number of nitrogens with one attached hydrogen (secondary N) is 2. The van der Waals surface area contributed by atoms with Crippen LogP contribution in [0.15, 0.2) is 18.2 Å². The minimum absolute atomic E-state index is 0.243. The molecule has 2 unspecified atom stereocenters. The van der Waals surface area contributed by atoms with Crippen LogP contribution in [0.25, 0.3) is 0 Å². The number of ether oxygens (including phenoxy) is 1. The van der Waals surface area contributed by atoms with Gasteiger partial charge in [0, 0.05) is 24.4 Å². The molecule has 0 spiro atoms. The van der Waals surface area contributed by atoms with Crippen LogP contribution >= 0.6 is 0 Å². The molecule has 0 radical (unpaired) electrons. The summed E-state index contributed by atoms with van der Waals surface area (Å²) < 4.78 is 18.4. The Morgan fingerprint density at radius 3 is 2.96 bits per heavy atom. The number of carbonyl (C=O) groups is 1. The molecule has 6 heteroatoms. The van der Waals surface area contributed by atoms with Crippen molar-refractivity contribution in [2.75, 3.05) is 32.1 Å². The van der Waals surface area contributed by atoms with Gasteiger partial charge in [0.05, 0.1) is 13.0 Å². The summed E-state index contributed by atoms with van der Waals surface area (Å²) >= 11 is 0. The first kappa shape index (κ1) is 17.5. The maximum atomic E-state index is 13.4. The fraction of sp³-hybridized carbons (Fsp3) is 0.588. The summed E-state index contributed by atoms with van der Waals surface area (Å²) in [6.07, 6.45) is 3.32. The molecular formula is C17H25FN2O3. The molecule has 1 aliphatic rings. The van der Waals surface area contributed by atoms with E-state index in [1.807, 2.05) is 0 Å². The van der Waals surface area contributed by atoms with Crippen LogP contribution in [0.4, 0.5) is 10.1 Å². The number of rotatable bonds is 9. The molecule has 1 fully saturated rings. The molecule has 1 saturated heterocycles. The van der Waals surface area contributed by atoms with Gasteiger partial charge in [-0.1, -0.05) is 6.42 Å². The molecule has 0 aliphatic carbocycles. The van der Waals surface area contributed by atoms with Gasteiger partial charge in [-0.05, 0) is 44.3 Å². The minimum Gasteiger partial charge on any atom is -0.497 e. The van der Waals surface area contributed by atoms with Gasteiger partial charge in [0.15, 0.2) is 0 Å². The normalized spacial score (nSPS) is 18.6. The highest BCUT2D eigenvalue weighted by Crippen LogP contribution is 2.25. The van der Waals surface area contributed by atoms with Crippen molar-refractivity contribution < 1.29 is 19.0 Å². The molecule has 1 heterocycles. The van der Waals surface area contributed by atoms with Gasteiger partial charge >= 0.3 is 5.97 Å². The number of unbranched alkanes of at least 4 members (excludes halogenated alkanes) is 1. The predicted octanol–water partition coefficient (Wildman–Crippen LogP) is 2.73. The van der Waals surface area contributed by atoms with Crippen LogP contribution in [0.5, 0.6) is 5.75 Å². The molecule has 5 nitrogen and oxygen atoms in total. The summed E-state index contributed by atoms with van der Waals surface area (Å²) in [5.74, 6) is -0.576. The molecule has 1 aromatic carbocycles.